The molecule has 11 heavy (non-hydrogen) atoms. The van der Waals surface area contributed by atoms with Gasteiger partial charge in [0.1, 0.15) is 5.82 Å². The van der Waals surface area contributed by atoms with Gasteiger partial charge in [-0.3, -0.25) is 0 Å². The molecule has 0 fully saturated rings. The highest BCUT2D eigenvalue weighted by Gasteiger charge is 1.82. The minimum absolute atomic E-state index is 0. The number of aromatic nitrogens is 2. The van der Waals surface area contributed by atoms with Gasteiger partial charge >= 0.3 is 0 Å². The topological polar surface area (TPSA) is 25.8 Å². The summed E-state index contributed by atoms with van der Waals surface area (Å²) < 4.78 is 0. The van der Waals surface area contributed by atoms with E-state index in [1.807, 2.05) is 26.2 Å². The zero-order valence-electron chi connectivity index (χ0n) is 5.63. The summed E-state index contributed by atoms with van der Waals surface area (Å²) in [7, 11) is 0. The molecule has 0 bridgehead atoms. The molecule has 0 saturated carbocycles. The lowest BCUT2D eigenvalue weighted by molar-refractivity contribution is 1.03. The number of hydrogen-bond donors (Lipinski definition) is 0. The van der Waals surface area contributed by atoms with Gasteiger partial charge in [0.25, 0.3) is 0 Å². The molecule has 1 heterocycles. The van der Waals surface area contributed by atoms with Crippen LogP contribution in [0.2, 0.25) is 0 Å². The smallest absolute Gasteiger partial charge is 0.125 e. The van der Waals surface area contributed by atoms with Gasteiger partial charge in [0, 0.05) is 20.8 Å². The highest BCUT2D eigenvalue weighted by atomic mass is 14.8. The number of hydrogen-bond acceptors (Lipinski definition) is 2. The molecule has 0 saturated heterocycles. The Kier molecular flexibility index (Phi) is 11.0. The Morgan fingerprint density at radius 3 is 1.64 bits per heavy atom. The fraction of sp³-hybridized carbons (Fsp3) is 0.500. The molecule has 61 valence electrons. The summed E-state index contributed by atoms with van der Waals surface area (Å²) in [4.78, 5) is 7.94. The molecule has 0 aliphatic heterocycles. The molecule has 0 unspecified atom stereocenters. The summed E-state index contributed by atoms with van der Waals surface area (Å²) in [6, 6.07) is 0. The van der Waals surface area contributed by atoms with Gasteiger partial charge in [-0.05, 0) is 19.4 Å². The highest BCUT2D eigenvalue weighted by molar-refractivity contribution is 5.75. The van der Waals surface area contributed by atoms with E-state index in [0.29, 0.717) is 0 Å². The van der Waals surface area contributed by atoms with Gasteiger partial charge in [0.15, 0.2) is 0 Å². The minimum atomic E-state index is 0. The first-order chi connectivity index (χ1) is 3.79. The molecule has 1 rings (SSSR count). The van der Waals surface area contributed by atoms with E-state index >= 15 is 0 Å². The SMILES string of the molecule is C.C.Cc1cnc(C)nc1.[B]. The Labute approximate surface area is 71.7 Å². The Balaban J connectivity index is -0.000000213. The van der Waals surface area contributed by atoms with E-state index in [1.54, 1.807) is 0 Å². The second-order valence-corrected chi connectivity index (χ2v) is 1.81. The molecule has 0 N–H and O–H groups in total. The third-order valence-electron chi connectivity index (χ3n) is 0.910. The summed E-state index contributed by atoms with van der Waals surface area (Å²) >= 11 is 0. The molecule has 0 aromatic carbocycles. The summed E-state index contributed by atoms with van der Waals surface area (Å²) in [6.07, 6.45) is 3.62. The highest BCUT2D eigenvalue weighted by Crippen LogP contribution is 1.89. The quantitative estimate of drug-likeness (QED) is 0.530. The van der Waals surface area contributed by atoms with Crippen molar-refractivity contribution in [3.63, 3.8) is 0 Å². The van der Waals surface area contributed by atoms with Crippen molar-refractivity contribution < 1.29 is 0 Å². The van der Waals surface area contributed by atoms with E-state index in [4.69, 9.17) is 0 Å². The molecule has 0 atom stereocenters. The van der Waals surface area contributed by atoms with Crippen LogP contribution < -0.4 is 0 Å². The first-order valence-corrected chi connectivity index (χ1v) is 2.54. The summed E-state index contributed by atoms with van der Waals surface area (Å²) in [6.45, 7) is 3.85. The molecule has 3 heteroatoms. The lowest BCUT2D eigenvalue weighted by Gasteiger charge is -1.88. The number of rotatable bonds is 0. The normalized spacial score (nSPS) is 6.73. The van der Waals surface area contributed by atoms with Gasteiger partial charge in [-0.1, -0.05) is 14.9 Å². The maximum absolute atomic E-state index is 3.97. The van der Waals surface area contributed by atoms with Crippen LogP contribution in [-0.2, 0) is 0 Å². The van der Waals surface area contributed by atoms with Crippen molar-refractivity contribution in [2.24, 2.45) is 0 Å². The summed E-state index contributed by atoms with van der Waals surface area (Å²) in [5, 5.41) is 0. The third-order valence-corrected chi connectivity index (χ3v) is 0.910. The van der Waals surface area contributed by atoms with E-state index in [2.05, 4.69) is 9.97 Å². The fourth-order valence-electron chi connectivity index (χ4n) is 0.457. The van der Waals surface area contributed by atoms with E-state index < -0.39 is 0 Å². The van der Waals surface area contributed by atoms with Crippen molar-refractivity contribution in [2.75, 3.05) is 0 Å². The van der Waals surface area contributed by atoms with Crippen LogP contribution in [0, 0.1) is 13.8 Å². The number of nitrogens with zero attached hydrogens (tertiary/aromatic N) is 2. The number of aryl methyl sites for hydroxylation is 2. The largest absolute Gasteiger partial charge is 0.241 e. The van der Waals surface area contributed by atoms with Gasteiger partial charge in [0.2, 0.25) is 0 Å². The zero-order valence-corrected chi connectivity index (χ0v) is 5.63. The molecule has 3 radical (unpaired) electrons. The lowest BCUT2D eigenvalue weighted by Crippen LogP contribution is -1.84. The maximum Gasteiger partial charge on any atom is 0.125 e. The van der Waals surface area contributed by atoms with Gasteiger partial charge in [0.05, 0.1) is 0 Å². The van der Waals surface area contributed by atoms with Crippen LogP contribution in [0.25, 0.3) is 0 Å². The van der Waals surface area contributed by atoms with Crippen LogP contribution >= 0.6 is 0 Å². The van der Waals surface area contributed by atoms with Crippen molar-refractivity contribution >= 4 is 8.41 Å². The molecule has 1 aromatic rings. The maximum atomic E-state index is 3.97. The molecule has 1 aromatic heterocycles. The first kappa shape index (κ1) is 16.6. The Morgan fingerprint density at radius 2 is 1.36 bits per heavy atom. The van der Waals surface area contributed by atoms with E-state index in [9.17, 15) is 0 Å². The summed E-state index contributed by atoms with van der Waals surface area (Å²) in [5.74, 6) is 0.829. The van der Waals surface area contributed by atoms with Crippen molar-refractivity contribution in [1.82, 2.24) is 9.97 Å². The Morgan fingerprint density at radius 1 is 1.00 bits per heavy atom. The molecular weight excluding hydrogens is 135 g/mol. The summed E-state index contributed by atoms with van der Waals surface area (Å²) in [5.41, 5.74) is 1.11. The van der Waals surface area contributed by atoms with Gasteiger partial charge in [-0.2, -0.15) is 0 Å². The molecule has 2 nitrogen and oxygen atoms in total. The Hall–Kier alpha value is -0.855. The predicted molar refractivity (Wildman–Crippen MR) is 50.7 cm³/mol. The molecule has 0 amide bonds. The van der Waals surface area contributed by atoms with Crippen LogP contribution in [0.15, 0.2) is 12.4 Å². The lowest BCUT2D eigenvalue weighted by atomic mass is 10.4. The van der Waals surface area contributed by atoms with E-state index in [1.165, 1.54) is 0 Å². The average molecular weight is 151 g/mol. The van der Waals surface area contributed by atoms with Crippen LogP contribution in [0.1, 0.15) is 26.2 Å². The van der Waals surface area contributed by atoms with Crippen molar-refractivity contribution in [2.45, 2.75) is 28.7 Å². The van der Waals surface area contributed by atoms with Gasteiger partial charge in [-0.15, -0.1) is 0 Å². The second-order valence-electron chi connectivity index (χ2n) is 1.81. The Bertz CT molecular complexity index is 151. The first-order valence-electron chi connectivity index (χ1n) is 2.54. The average Bonchev–Trinajstić information content (AvgIpc) is 1.77. The minimum Gasteiger partial charge on any atom is -0.241 e. The van der Waals surface area contributed by atoms with E-state index in [0.717, 1.165) is 11.4 Å². The fourth-order valence-corrected chi connectivity index (χ4v) is 0.457. The van der Waals surface area contributed by atoms with Gasteiger partial charge in [-0.25, -0.2) is 9.97 Å². The van der Waals surface area contributed by atoms with Crippen molar-refractivity contribution in [1.29, 1.82) is 0 Å². The second kappa shape index (κ2) is 7.25. The predicted octanol–water partition coefficient (Wildman–Crippen LogP) is 1.98. The molecule has 0 spiro atoms. The molecular formula is C8H16BN2. The molecule has 0 aliphatic rings. The van der Waals surface area contributed by atoms with Crippen LogP contribution in [0.4, 0.5) is 0 Å². The molecule has 0 aliphatic carbocycles. The standard InChI is InChI=1S/C6H8N2.2CH4.B/c1-5-3-7-6(2)8-4-5;;;/h3-4H,1-2H3;2*1H4;. The zero-order chi connectivity index (χ0) is 5.98. The van der Waals surface area contributed by atoms with Crippen molar-refractivity contribution in [3.05, 3.63) is 23.8 Å². The van der Waals surface area contributed by atoms with Crippen LogP contribution in [0.5, 0.6) is 0 Å². The van der Waals surface area contributed by atoms with Crippen LogP contribution in [-0.4, -0.2) is 18.4 Å². The van der Waals surface area contributed by atoms with Crippen molar-refractivity contribution in [3.8, 4) is 0 Å². The monoisotopic (exact) mass is 151 g/mol. The van der Waals surface area contributed by atoms with Gasteiger partial charge < -0.3 is 0 Å². The van der Waals surface area contributed by atoms with Crippen LogP contribution in [0.3, 0.4) is 0 Å². The van der Waals surface area contributed by atoms with E-state index in [-0.39, 0.29) is 23.3 Å². The third kappa shape index (κ3) is 5.58.